The number of methoxy groups -OCH3 is 2. The number of halogens is 3. The first kappa shape index (κ1) is 26.0. The van der Waals surface area contributed by atoms with E-state index < -0.39 is 15.9 Å². The van der Waals surface area contributed by atoms with Gasteiger partial charge in [0, 0.05) is 17.8 Å². The number of ether oxygens (including phenoxy) is 4. The molecule has 0 saturated heterocycles. The molecular weight excluding hydrogens is 555 g/mol. The van der Waals surface area contributed by atoms with Gasteiger partial charge in [-0.1, -0.05) is 34.8 Å². The second-order valence-electron chi connectivity index (χ2n) is 7.37. The summed E-state index contributed by atoms with van der Waals surface area (Å²) in [6, 6.07) is 9.88. The fourth-order valence-electron chi connectivity index (χ4n) is 3.37. The van der Waals surface area contributed by atoms with E-state index in [0.717, 1.165) is 6.07 Å². The molecule has 0 bridgehead atoms. The van der Waals surface area contributed by atoms with Crippen LogP contribution in [0.2, 0.25) is 15.1 Å². The first-order valence-corrected chi connectivity index (χ1v) is 12.9. The standard InChI is InChI=1S/C23H19Cl3N2O7S/c1-32-19-11-20(33-2)17(10-15(19)25)28-36(30,31)22-8-13(14(24)9-16(22)26)23(29)27-12-3-4-18-21(7-12)35-6-5-34-18/h3-4,7-11,28H,5-6H2,1-2H3,(H,27,29). The maximum atomic E-state index is 13.2. The predicted molar refractivity (Wildman–Crippen MR) is 137 cm³/mol. The Hall–Kier alpha value is -3.05. The van der Waals surface area contributed by atoms with Crippen LogP contribution in [0.3, 0.4) is 0 Å². The Bertz CT molecular complexity index is 1450. The Morgan fingerprint density at radius 2 is 1.56 bits per heavy atom. The number of benzene rings is 3. The van der Waals surface area contributed by atoms with Crippen molar-refractivity contribution in [2.75, 3.05) is 37.5 Å². The van der Waals surface area contributed by atoms with Crippen LogP contribution in [0, 0.1) is 0 Å². The summed E-state index contributed by atoms with van der Waals surface area (Å²) < 4.78 is 50.2. The largest absolute Gasteiger partial charge is 0.495 e. The monoisotopic (exact) mass is 572 g/mol. The summed E-state index contributed by atoms with van der Waals surface area (Å²) in [6.45, 7) is 0.810. The third kappa shape index (κ3) is 5.36. The van der Waals surface area contributed by atoms with E-state index in [1.165, 1.54) is 32.4 Å². The smallest absolute Gasteiger partial charge is 0.263 e. The summed E-state index contributed by atoms with van der Waals surface area (Å²) in [4.78, 5) is 12.6. The van der Waals surface area contributed by atoms with Crippen molar-refractivity contribution < 1.29 is 32.2 Å². The Kier molecular flexibility index (Phi) is 7.60. The van der Waals surface area contributed by atoms with Crippen LogP contribution in [-0.2, 0) is 10.0 Å². The summed E-state index contributed by atoms with van der Waals surface area (Å²) in [6.07, 6.45) is 0. The topological polar surface area (TPSA) is 112 Å². The average molecular weight is 574 g/mol. The Morgan fingerprint density at radius 3 is 2.25 bits per heavy atom. The van der Waals surface area contributed by atoms with Gasteiger partial charge in [-0.3, -0.25) is 9.52 Å². The van der Waals surface area contributed by atoms with Crippen LogP contribution in [-0.4, -0.2) is 41.8 Å². The summed E-state index contributed by atoms with van der Waals surface area (Å²) in [7, 11) is -1.54. The molecule has 2 N–H and O–H groups in total. The highest BCUT2D eigenvalue weighted by Crippen LogP contribution is 2.38. The molecule has 4 rings (SSSR count). The fraction of sp³-hybridized carbons (Fsp3) is 0.174. The number of hydrogen-bond acceptors (Lipinski definition) is 7. The van der Waals surface area contributed by atoms with Crippen molar-refractivity contribution in [2.45, 2.75) is 4.90 Å². The zero-order chi connectivity index (χ0) is 26.0. The first-order valence-electron chi connectivity index (χ1n) is 10.3. The van der Waals surface area contributed by atoms with Crippen LogP contribution in [0.5, 0.6) is 23.0 Å². The number of carbonyl (C=O) groups excluding carboxylic acids is 1. The first-order chi connectivity index (χ1) is 17.1. The van der Waals surface area contributed by atoms with Crippen molar-refractivity contribution in [1.82, 2.24) is 0 Å². The van der Waals surface area contributed by atoms with Crippen molar-refractivity contribution >= 4 is 62.1 Å². The van der Waals surface area contributed by atoms with Gasteiger partial charge >= 0.3 is 0 Å². The zero-order valence-corrected chi connectivity index (χ0v) is 21.9. The molecule has 0 aromatic heterocycles. The number of fused-ring (bicyclic) bond motifs is 1. The number of sulfonamides is 1. The average Bonchev–Trinajstić information content (AvgIpc) is 2.83. The van der Waals surface area contributed by atoms with Gasteiger partial charge in [-0.15, -0.1) is 0 Å². The van der Waals surface area contributed by atoms with Gasteiger partial charge in [0.15, 0.2) is 11.5 Å². The van der Waals surface area contributed by atoms with Gasteiger partial charge in [0.1, 0.15) is 29.6 Å². The molecule has 36 heavy (non-hydrogen) atoms. The van der Waals surface area contributed by atoms with Crippen molar-refractivity contribution in [1.29, 1.82) is 0 Å². The van der Waals surface area contributed by atoms with Crippen molar-refractivity contribution in [3.8, 4) is 23.0 Å². The highest BCUT2D eigenvalue weighted by Gasteiger charge is 2.25. The van der Waals surface area contributed by atoms with E-state index in [0.29, 0.717) is 36.1 Å². The number of amides is 1. The van der Waals surface area contributed by atoms with Gasteiger partial charge in [-0.2, -0.15) is 0 Å². The molecule has 1 amide bonds. The van der Waals surface area contributed by atoms with Gasteiger partial charge in [0.25, 0.3) is 15.9 Å². The van der Waals surface area contributed by atoms with Crippen LogP contribution < -0.4 is 29.0 Å². The lowest BCUT2D eigenvalue weighted by Crippen LogP contribution is -2.18. The molecule has 9 nitrogen and oxygen atoms in total. The highest BCUT2D eigenvalue weighted by molar-refractivity contribution is 7.92. The highest BCUT2D eigenvalue weighted by atomic mass is 35.5. The predicted octanol–water partition coefficient (Wildman–Crippen LogP) is 5.49. The van der Waals surface area contributed by atoms with E-state index in [9.17, 15) is 13.2 Å². The zero-order valence-electron chi connectivity index (χ0n) is 18.9. The minimum atomic E-state index is -4.31. The number of nitrogens with one attached hydrogen (secondary N) is 2. The molecule has 0 unspecified atom stereocenters. The lowest BCUT2D eigenvalue weighted by Gasteiger charge is -2.19. The van der Waals surface area contributed by atoms with Gasteiger partial charge < -0.3 is 24.3 Å². The van der Waals surface area contributed by atoms with Crippen molar-refractivity contribution in [3.05, 3.63) is 63.1 Å². The molecule has 0 saturated carbocycles. The third-order valence-electron chi connectivity index (χ3n) is 5.07. The Morgan fingerprint density at radius 1 is 0.861 bits per heavy atom. The van der Waals surface area contributed by atoms with E-state index in [-0.39, 0.29) is 37.0 Å². The number of carbonyl (C=O) groups is 1. The minimum Gasteiger partial charge on any atom is -0.495 e. The summed E-state index contributed by atoms with van der Waals surface area (Å²) in [5.41, 5.74) is 0.322. The van der Waals surface area contributed by atoms with Crippen LogP contribution >= 0.6 is 34.8 Å². The summed E-state index contributed by atoms with van der Waals surface area (Å²) in [5.74, 6) is 0.813. The molecule has 0 atom stereocenters. The lowest BCUT2D eigenvalue weighted by molar-refractivity contribution is 0.102. The molecule has 0 aliphatic carbocycles. The maximum absolute atomic E-state index is 13.2. The molecule has 1 aliphatic heterocycles. The normalized spacial score (nSPS) is 12.6. The summed E-state index contributed by atoms with van der Waals surface area (Å²) in [5, 5.41) is 2.58. The number of rotatable bonds is 7. The van der Waals surface area contributed by atoms with Crippen molar-refractivity contribution in [2.24, 2.45) is 0 Å². The third-order valence-corrected chi connectivity index (χ3v) is 7.51. The SMILES string of the molecule is COc1cc(OC)c(NS(=O)(=O)c2cc(C(=O)Nc3ccc4c(c3)OCCO4)c(Cl)cc2Cl)cc1Cl. The fourth-order valence-corrected chi connectivity index (χ4v) is 5.53. The molecule has 3 aromatic carbocycles. The molecular formula is C23H19Cl3N2O7S. The van der Waals surface area contributed by atoms with Gasteiger partial charge in [-0.25, -0.2) is 8.42 Å². The number of hydrogen-bond donors (Lipinski definition) is 2. The molecule has 190 valence electrons. The van der Waals surface area contributed by atoms with Gasteiger partial charge in [-0.05, 0) is 30.3 Å². The minimum absolute atomic E-state index is 0.0385. The summed E-state index contributed by atoms with van der Waals surface area (Å²) >= 11 is 18.6. The molecule has 1 heterocycles. The van der Waals surface area contributed by atoms with E-state index in [2.05, 4.69) is 10.0 Å². The molecule has 0 spiro atoms. The van der Waals surface area contributed by atoms with E-state index >= 15 is 0 Å². The van der Waals surface area contributed by atoms with Gasteiger partial charge in [0.05, 0.1) is 40.5 Å². The van der Waals surface area contributed by atoms with Crippen LogP contribution in [0.1, 0.15) is 10.4 Å². The maximum Gasteiger partial charge on any atom is 0.263 e. The number of anilines is 2. The molecule has 3 aromatic rings. The molecule has 1 aliphatic rings. The molecule has 0 radical (unpaired) electrons. The second kappa shape index (κ2) is 10.5. The van der Waals surface area contributed by atoms with Crippen LogP contribution in [0.4, 0.5) is 11.4 Å². The Balaban J connectivity index is 1.64. The quantitative estimate of drug-likeness (QED) is 0.384. The van der Waals surface area contributed by atoms with E-state index in [1.807, 2.05) is 0 Å². The van der Waals surface area contributed by atoms with Crippen LogP contribution in [0.25, 0.3) is 0 Å². The second-order valence-corrected chi connectivity index (χ2v) is 10.2. The molecule has 13 heteroatoms. The Labute approximate surface area is 222 Å². The van der Waals surface area contributed by atoms with E-state index in [1.54, 1.807) is 18.2 Å². The van der Waals surface area contributed by atoms with E-state index in [4.69, 9.17) is 53.8 Å². The van der Waals surface area contributed by atoms with Gasteiger partial charge in [0.2, 0.25) is 0 Å². The lowest BCUT2D eigenvalue weighted by atomic mass is 10.2. The van der Waals surface area contributed by atoms with Crippen LogP contribution in [0.15, 0.2) is 47.4 Å². The van der Waals surface area contributed by atoms with Crippen molar-refractivity contribution in [3.63, 3.8) is 0 Å². The molecule has 0 fully saturated rings.